The molecule has 0 unspecified atom stereocenters. The molecule has 0 radical (unpaired) electrons. The highest BCUT2D eigenvalue weighted by Gasteiger charge is 2.61. The standard InChI is InChI=1S/C37H40F5N7O2.ClH/c1-19(2)32-45-29-14-20(3)26(17-31(29)46-32)23-8-4-21(5-9-23)15-27(44)34(51)49(33(50)24-10-6-22(18-43)7-11-24)25-12-13-28-30(16-25)48-35(47-28)36(38,39)37(40,41)42;/h4-5,8-9,12-14,16-17,19,22,24,27H,6-7,10-11,15,18,43-44H2,1-3H3,(H,45,46)(H,47,48);1H/t22?,24?,27-;/m0./s1. The zero-order valence-electron chi connectivity index (χ0n) is 28.9. The van der Waals surface area contributed by atoms with Crippen LogP contribution in [-0.2, 0) is 21.9 Å². The minimum absolute atomic E-state index is 0. The van der Waals surface area contributed by atoms with Crippen LogP contribution in [0.3, 0.4) is 0 Å². The second-order valence-electron chi connectivity index (χ2n) is 13.8. The molecule has 5 aromatic rings. The number of nitrogens with two attached hydrogens (primary N) is 2. The summed E-state index contributed by atoms with van der Waals surface area (Å²) in [6, 6.07) is 14.1. The molecule has 2 heterocycles. The molecule has 2 amide bonds. The fourth-order valence-electron chi connectivity index (χ4n) is 6.71. The van der Waals surface area contributed by atoms with E-state index in [1.165, 1.54) is 18.2 Å². The number of hydrogen-bond acceptors (Lipinski definition) is 6. The van der Waals surface area contributed by atoms with Crippen molar-refractivity contribution in [2.45, 2.75) is 76.9 Å². The number of benzene rings is 3. The number of amides is 2. The Morgan fingerprint density at radius 3 is 2.17 bits per heavy atom. The molecule has 6 N–H and O–H groups in total. The van der Waals surface area contributed by atoms with Crippen LogP contribution in [0.5, 0.6) is 0 Å². The molecule has 1 aliphatic carbocycles. The van der Waals surface area contributed by atoms with Gasteiger partial charge >= 0.3 is 12.1 Å². The molecule has 15 heteroatoms. The van der Waals surface area contributed by atoms with Gasteiger partial charge in [0.25, 0.3) is 5.91 Å². The number of anilines is 1. The number of rotatable bonds is 9. The number of fused-ring (bicyclic) bond motifs is 2. The summed E-state index contributed by atoms with van der Waals surface area (Å²) in [4.78, 5) is 42.5. The molecule has 3 aromatic carbocycles. The number of aryl methyl sites for hydroxylation is 1. The van der Waals surface area contributed by atoms with Crippen LogP contribution >= 0.6 is 12.4 Å². The molecule has 9 nitrogen and oxygen atoms in total. The van der Waals surface area contributed by atoms with Crippen molar-refractivity contribution in [1.29, 1.82) is 0 Å². The Balaban J connectivity index is 0.00000523. The van der Waals surface area contributed by atoms with Gasteiger partial charge in [0.1, 0.15) is 5.82 Å². The van der Waals surface area contributed by atoms with Crippen LogP contribution in [0.1, 0.15) is 68.2 Å². The van der Waals surface area contributed by atoms with Crippen molar-refractivity contribution >= 4 is 52.0 Å². The summed E-state index contributed by atoms with van der Waals surface area (Å²) >= 11 is 0. The number of carbonyl (C=O) groups is 2. The van der Waals surface area contributed by atoms with Crippen molar-refractivity contribution < 1.29 is 31.5 Å². The Morgan fingerprint density at radius 1 is 0.904 bits per heavy atom. The number of nitrogens with one attached hydrogen (secondary N) is 2. The average molecular weight is 746 g/mol. The van der Waals surface area contributed by atoms with Crippen LogP contribution in [0.4, 0.5) is 27.6 Å². The molecular formula is C37H41ClF5N7O2. The SMILES string of the molecule is Cc1cc2[nH]c(C(C)C)nc2cc1-c1ccc(C[C@H](N)C(=O)N(C(=O)C2CCC(CN)CC2)c2ccc3nc(C(F)(F)C(F)(F)F)[nH]c3c2)cc1.Cl. The number of hydrogen-bond donors (Lipinski definition) is 4. The maximum Gasteiger partial charge on any atom is 0.461 e. The maximum absolute atomic E-state index is 14.1. The largest absolute Gasteiger partial charge is 0.461 e. The quantitative estimate of drug-likeness (QED) is 0.113. The molecule has 0 saturated heterocycles. The number of aromatic amines is 2. The van der Waals surface area contributed by atoms with Crippen molar-refractivity contribution in [2.24, 2.45) is 23.3 Å². The van der Waals surface area contributed by atoms with Gasteiger partial charge in [0.15, 0.2) is 5.82 Å². The van der Waals surface area contributed by atoms with Crippen molar-refractivity contribution in [2.75, 3.05) is 11.4 Å². The van der Waals surface area contributed by atoms with E-state index in [0.29, 0.717) is 32.2 Å². The van der Waals surface area contributed by atoms with Crippen LogP contribution in [0.15, 0.2) is 54.6 Å². The third-order valence-electron chi connectivity index (χ3n) is 9.78. The first kappa shape index (κ1) is 38.8. The van der Waals surface area contributed by atoms with Crippen LogP contribution in [0.2, 0.25) is 0 Å². The highest BCUT2D eigenvalue weighted by molar-refractivity contribution is 6.17. The van der Waals surface area contributed by atoms with E-state index >= 15 is 0 Å². The maximum atomic E-state index is 14.1. The Kier molecular flexibility index (Phi) is 11.1. The number of carbonyl (C=O) groups excluding carboxylic acids is 2. The lowest BCUT2D eigenvalue weighted by Crippen LogP contribution is -2.50. The van der Waals surface area contributed by atoms with Gasteiger partial charge in [-0.2, -0.15) is 22.0 Å². The van der Waals surface area contributed by atoms with Crippen LogP contribution in [-0.4, -0.2) is 50.5 Å². The minimum Gasteiger partial charge on any atom is -0.342 e. The Hall–Kier alpha value is -4.40. The van der Waals surface area contributed by atoms with Crippen molar-refractivity contribution in [1.82, 2.24) is 19.9 Å². The normalized spacial score (nSPS) is 17.4. The van der Waals surface area contributed by atoms with Gasteiger partial charge in [0.05, 0.1) is 33.8 Å². The van der Waals surface area contributed by atoms with Crippen LogP contribution in [0, 0.1) is 18.8 Å². The highest BCUT2D eigenvalue weighted by Crippen LogP contribution is 2.43. The zero-order chi connectivity index (χ0) is 36.8. The molecule has 6 rings (SSSR count). The Labute approximate surface area is 303 Å². The average Bonchev–Trinajstić information content (AvgIpc) is 3.72. The van der Waals surface area contributed by atoms with Crippen molar-refractivity contribution in [3.05, 3.63) is 77.4 Å². The Morgan fingerprint density at radius 2 is 1.56 bits per heavy atom. The van der Waals surface area contributed by atoms with Gasteiger partial charge in [-0.3, -0.25) is 9.59 Å². The number of aromatic nitrogens is 4. The number of nitrogens with zero attached hydrogens (tertiary/aromatic N) is 3. The number of H-pyrrole nitrogens is 2. The van der Waals surface area contributed by atoms with Gasteiger partial charge in [-0.25, -0.2) is 14.9 Å². The molecule has 0 spiro atoms. The predicted octanol–water partition coefficient (Wildman–Crippen LogP) is 7.81. The van der Waals surface area contributed by atoms with E-state index in [0.717, 1.165) is 44.0 Å². The molecule has 1 aliphatic rings. The molecule has 1 fully saturated rings. The van der Waals surface area contributed by atoms with Crippen LogP contribution in [0.25, 0.3) is 33.2 Å². The molecular weight excluding hydrogens is 705 g/mol. The summed E-state index contributed by atoms with van der Waals surface area (Å²) < 4.78 is 67.4. The van der Waals surface area contributed by atoms with E-state index in [9.17, 15) is 31.5 Å². The smallest absolute Gasteiger partial charge is 0.342 e. The summed E-state index contributed by atoms with van der Waals surface area (Å²) in [5, 5.41) is 0. The second kappa shape index (κ2) is 14.9. The number of imide groups is 1. The highest BCUT2D eigenvalue weighted by atomic mass is 35.5. The summed E-state index contributed by atoms with van der Waals surface area (Å²) in [5.41, 5.74) is 17.4. The number of halogens is 6. The fraction of sp³-hybridized carbons (Fsp3) is 0.405. The monoisotopic (exact) mass is 745 g/mol. The second-order valence-corrected chi connectivity index (χ2v) is 13.8. The third kappa shape index (κ3) is 7.55. The summed E-state index contributed by atoms with van der Waals surface area (Å²) in [6.07, 6.45) is -3.46. The zero-order valence-corrected chi connectivity index (χ0v) is 29.7. The van der Waals surface area contributed by atoms with Gasteiger partial charge in [-0.05, 0) is 104 Å². The van der Waals surface area contributed by atoms with E-state index < -0.39 is 41.7 Å². The lowest BCUT2D eigenvalue weighted by atomic mass is 9.81. The molecule has 278 valence electrons. The lowest BCUT2D eigenvalue weighted by molar-refractivity contribution is -0.292. The predicted molar refractivity (Wildman–Crippen MR) is 192 cm³/mol. The van der Waals surface area contributed by atoms with E-state index in [-0.39, 0.29) is 47.4 Å². The summed E-state index contributed by atoms with van der Waals surface area (Å²) in [6.45, 7) is 6.64. The third-order valence-corrected chi connectivity index (χ3v) is 9.78. The molecule has 0 bridgehead atoms. The molecule has 52 heavy (non-hydrogen) atoms. The van der Waals surface area contributed by atoms with Gasteiger partial charge < -0.3 is 21.4 Å². The van der Waals surface area contributed by atoms with Crippen molar-refractivity contribution in [3.8, 4) is 11.1 Å². The molecule has 0 aliphatic heterocycles. The van der Waals surface area contributed by atoms with Crippen molar-refractivity contribution in [3.63, 3.8) is 0 Å². The molecule has 2 aromatic heterocycles. The van der Waals surface area contributed by atoms with Gasteiger partial charge in [-0.15, -0.1) is 12.4 Å². The minimum atomic E-state index is -5.88. The van der Waals surface area contributed by atoms with Gasteiger partial charge in [0, 0.05) is 11.8 Å². The van der Waals surface area contributed by atoms with E-state index in [1.54, 1.807) is 0 Å². The van der Waals surface area contributed by atoms with Gasteiger partial charge in [0.2, 0.25) is 5.91 Å². The number of alkyl halides is 5. The van der Waals surface area contributed by atoms with Gasteiger partial charge in [-0.1, -0.05) is 38.1 Å². The molecule has 1 atom stereocenters. The topological polar surface area (TPSA) is 147 Å². The van der Waals surface area contributed by atoms with E-state index in [1.807, 2.05) is 42.2 Å². The first-order chi connectivity index (χ1) is 24.1. The fourth-order valence-corrected chi connectivity index (χ4v) is 6.71. The first-order valence-corrected chi connectivity index (χ1v) is 16.9. The number of imidazole rings is 2. The first-order valence-electron chi connectivity index (χ1n) is 16.9. The Bertz CT molecular complexity index is 2070. The summed E-state index contributed by atoms with van der Waals surface area (Å²) in [5.74, 6) is -7.20. The molecule has 1 saturated carbocycles. The van der Waals surface area contributed by atoms with E-state index in [2.05, 4.69) is 29.9 Å². The lowest BCUT2D eigenvalue weighted by Gasteiger charge is -2.32. The summed E-state index contributed by atoms with van der Waals surface area (Å²) in [7, 11) is 0. The van der Waals surface area contributed by atoms with Crippen LogP contribution < -0.4 is 16.4 Å². The van der Waals surface area contributed by atoms with E-state index in [4.69, 9.17) is 16.5 Å².